The Balaban J connectivity index is 3.09. The van der Waals surface area contributed by atoms with Crippen LogP contribution in [0.3, 0.4) is 0 Å². The predicted octanol–water partition coefficient (Wildman–Crippen LogP) is -0.789. The number of hydrogen-bond acceptors (Lipinski definition) is 3. The van der Waals surface area contributed by atoms with Crippen molar-refractivity contribution in [1.29, 1.82) is 0 Å². The van der Waals surface area contributed by atoms with Gasteiger partial charge in [-0.2, -0.15) is 0 Å². The van der Waals surface area contributed by atoms with Gasteiger partial charge in [0.05, 0.1) is 0 Å². The van der Waals surface area contributed by atoms with Gasteiger partial charge in [-0.25, -0.2) is 4.39 Å². The first kappa shape index (κ1) is 8.04. The molecule has 1 rings (SSSR count). The number of aromatic hydroxyl groups is 1. The van der Waals surface area contributed by atoms with Crippen molar-refractivity contribution in [3.05, 3.63) is 24.0 Å². The molecule has 0 aliphatic carbocycles. The van der Waals surface area contributed by atoms with Crippen molar-refractivity contribution in [3.8, 4) is 5.75 Å². The van der Waals surface area contributed by atoms with Crippen LogP contribution in [-0.4, -0.2) is 22.3 Å². The summed E-state index contributed by atoms with van der Waals surface area (Å²) in [7, 11) is -1.77. The first-order valence-electron chi connectivity index (χ1n) is 2.96. The molecule has 0 saturated carbocycles. The van der Waals surface area contributed by atoms with Gasteiger partial charge < -0.3 is 15.2 Å². The number of phenolic OH excluding ortho intramolecular Hbond substituents is 1. The Morgan fingerprint density at radius 2 is 1.91 bits per heavy atom. The lowest BCUT2D eigenvalue weighted by Crippen LogP contribution is -2.29. The van der Waals surface area contributed by atoms with E-state index in [1.54, 1.807) is 0 Å². The van der Waals surface area contributed by atoms with Gasteiger partial charge in [-0.05, 0) is 6.07 Å². The highest BCUT2D eigenvalue weighted by molar-refractivity contribution is 6.59. The molecule has 1 aromatic rings. The summed E-state index contributed by atoms with van der Waals surface area (Å²) in [5.74, 6) is -1.08. The lowest BCUT2D eigenvalue weighted by Gasteiger charge is -2.01. The minimum Gasteiger partial charge on any atom is -0.508 e. The second-order valence-electron chi connectivity index (χ2n) is 2.08. The second-order valence-corrected chi connectivity index (χ2v) is 2.08. The number of rotatable bonds is 1. The largest absolute Gasteiger partial charge is 0.508 e. The van der Waals surface area contributed by atoms with Crippen molar-refractivity contribution in [2.24, 2.45) is 0 Å². The smallest absolute Gasteiger partial charge is 0.492 e. The standard InChI is InChI=1S/C6H6BFO3/c8-4-1-2-5(7(10)11)6(9)3-4/h1-3,9-11H. The molecule has 0 fully saturated rings. The first-order chi connectivity index (χ1) is 5.11. The Kier molecular flexibility index (Phi) is 2.12. The monoisotopic (exact) mass is 156 g/mol. The third-order valence-electron chi connectivity index (χ3n) is 1.27. The van der Waals surface area contributed by atoms with Crippen LogP contribution in [0.2, 0.25) is 0 Å². The number of benzene rings is 1. The third-order valence-corrected chi connectivity index (χ3v) is 1.27. The molecule has 0 spiro atoms. The van der Waals surface area contributed by atoms with Gasteiger partial charge in [-0.3, -0.25) is 0 Å². The van der Waals surface area contributed by atoms with E-state index in [1.165, 1.54) is 0 Å². The summed E-state index contributed by atoms with van der Waals surface area (Å²) >= 11 is 0. The number of hydrogen-bond donors (Lipinski definition) is 3. The maximum absolute atomic E-state index is 12.3. The molecule has 5 heteroatoms. The molecule has 0 saturated heterocycles. The SMILES string of the molecule is OB(O)c1ccc(F)cc1O. The molecule has 0 atom stereocenters. The normalized spacial score (nSPS) is 9.73. The summed E-state index contributed by atoms with van der Waals surface area (Å²) in [6.07, 6.45) is 0. The lowest BCUT2D eigenvalue weighted by atomic mass is 9.80. The maximum atomic E-state index is 12.3. The van der Waals surface area contributed by atoms with Gasteiger partial charge in [-0.15, -0.1) is 0 Å². The molecule has 3 nitrogen and oxygen atoms in total. The van der Waals surface area contributed by atoms with Crippen LogP contribution >= 0.6 is 0 Å². The van der Waals surface area contributed by atoms with Crippen LogP contribution in [0.1, 0.15) is 0 Å². The van der Waals surface area contributed by atoms with Gasteiger partial charge in [0.25, 0.3) is 0 Å². The van der Waals surface area contributed by atoms with Crippen LogP contribution in [-0.2, 0) is 0 Å². The quantitative estimate of drug-likeness (QED) is 0.467. The Bertz CT molecular complexity index is 264. The molecule has 58 valence electrons. The molecule has 0 radical (unpaired) electrons. The summed E-state index contributed by atoms with van der Waals surface area (Å²) in [5, 5.41) is 26.0. The zero-order chi connectivity index (χ0) is 8.43. The minimum atomic E-state index is -1.77. The summed E-state index contributed by atoms with van der Waals surface area (Å²) in [6, 6.07) is 2.96. The molecule has 11 heavy (non-hydrogen) atoms. The highest BCUT2D eigenvalue weighted by Crippen LogP contribution is 2.07. The van der Waals surface area contributed by atoms with Crippen LogP contribution in [0.4, 0.5) is 4.39 Å². The molecular formula is C6H6BFO3. The molecular weight excluding hydrogens is 150 g/mol. The van der Waals surface area contributed by atoms with E-state index < -0.39 is 18.7 Å². The molecule has 0 aliphatic rings. The molecule has 0 amide bonds. The van der Waals surface area contributed by atoms with Crippen molar-refractivity contribution in [3.63, 3.8) is 0 Å². The van der Waals surface area contributed by atoms with E-state index in [-0.39, 0.29) is 5.46 Å². The molecule has 0 aliphatic heterocycles. The average Bonchev–Trinajstić information content (AvgIpc) is 1.85. The predicted molar refractivity (Wildman–Crippen MR) is 37.9 cm³/mol. The maximum Gasteiger partial charge on any atom is 0.492 e. The zero-order valence-electron chi connectivity index (χ0n) is 5.53. The van der Waals surface area contributed by atoms with Gasteiger partial charge in [0.1, 0.15) is 11.6 Å². The Morgan fingerprint density at radius 3 is 2.36 bits per heavy atom. The van der Waals surface area contributed by atoms with E-state index >= 15 is 0 Å². The fraction of sp³-hybridized carbons (Fsp3) is 0. The molecule has 3 N–H and O–H groups in total. The van der Waals surface area contributed by atoms with Gasteiger partial charge >= 0.3 is 7.12 Å². The van der Waals surface area contributed by atoms with Gasteiger partial charge in [0, 0.05) is 11.5 Å². The molecule has 0 heterocycles. The summed E-state index contributed by atoms with van der Waals surface area (Å²) in [5.41, 5.74) is -0.105. The van der Waals surface area contributed by atoms with Gasteiger partial charge in [0.15, 0.2) is 0 Å². The van der Waals surface area contributed by atoms with Crippen molar-refractivity contribution in [1.82, 2.24) is 0 Å². The fourth-order valence-electron chi connectivity index (χ4n) is 0.735. The van der Waals surface area contributed by atoms with E-state index in [4.69, 9.17) is 15.2 Å². The lowest BCUT2D eigenvalue weighted by molar-refractivity contribution is 0.419. The Labute approximate surface area is 62.9 Å². The van der Waals surface area contributed by atoms with Gasteiger partial charge in [-0.1, -0.05) is 6.07 Å². The average molecular weight is 156 g/mol. The van der Waals surface area contributed by atoms with Crippen LogP contribution in [0.25, 0.3) is 0 Å². The van der Waals surface area contributed by atoms with E-state index in [1.807, 2.05) is 0 Å². The summed E-state index contributed by atoms with van der Waals surface area (Å²) < 4.78 is 12.3. The fourth-order valence-corrected chi connectivity index (χ4v) is 0.735. The van der Waals surface area contributed by atoms with E-state index in [2.05, 4.69) is 0 Å². The molecule has 0 bridgehead atoms. The Morgan fingerprint density at radius 1 is 1.27 bits per heavy atom. The topological polar surface area (TPSA) is 60.7 Å². The molecule has 0 unspecified atom stereocenters. The van der Waals surface area contributed by atoms with Crippen LogP contribution < -0.4 is 5.46 Å². The Hall–Kier alpha value is -1.07. The van der Waals surface area contributed by atoms with Crippen LogP contribution in [0.5, 0.6) is 5.75 Å². The number of halogens is 1. The first-order valence-corrected chi connectivity index (χ1v) is 2.96. The van der Waals surface area contributed by atoms with E-state index in [0.717, 1.165) is 18.2 Å². The highest BCUT2D eigenvalue weighted by Gasteiger charge is 2.15. The van der Waals surface area contributed by atoms with Crippen molar-refractivity contribution >= 4 is 12.6 Å². The van der Waals surface area contributed by atoms with Crippen molar-refractivity contribution in [2.75, 3.05) is 0 Å². The number of phenols is 1. The third kappa shape index (κ3) is 1.69. The molecule has 1 aromatic carbocycles. The molecule has 0 aromatic heterocycles. The summed E-state index contributed by atoms with van der Waals surface area (Å²) in [4.78, 5) is 0. The van der Waals surface area contributed by atoms with Crippen LogP contribution in [0.15, 0.2) is 18.2 Å². The highest BCUT2D eigenvalue weighted by atomic mass is 19.1. The van der Waals surface area contributed by atoms with E-state index in [9.17, 15) is 4.39 Å². The van der Waals surface area contributed by atoms with Gasteiger partial charge in [0.2, 0.25) is 0 Å². The van der Waals surface area contributed by atoms with Crippen molar-refractivity contribution in [2.45, 2.75) is 0 Å². The summed E-state index contributed by atoms with van der Waals surface area (Å²) in [6.45, 7) is 0. The second kappa shape index (κ2) is 2.90. The van der Waals surface area contributed by atoms with Crippen molar-refractivity contribution < 1.29 is 19.5 Å². The van der Waals surface area contributed by atoms with Crippen LogP contribution in [0, 0.1) is 5.82 Å². The van der Waals surface area contributed by atoms with E-state index in [0.29, 0.717) is 0 Å². The zero-order valence-corrected chi connectivity index (χ0v) is 5.53. The minimum absolute atomic E-state index is 0.105.